The van der Waals surface area contributed by atoms with Gasteiger partial charge in [-0.25, -0.2) is 4.98 Å². The first-order valence-corrected chi connectivity index (χ1v) is 8.33. The maximum absolute atomic E-state index is 13.0. The van der Waals surface area contributed by atoms with E-state index in [2.05, 4.69) is 4.98 Å². The van der Waals surface area contributed by atoms with Crippen molar-refractivity contribution in [1.82, 2.24) is 4.98 Å². The Kier molecular flexibility index (Phi) is 4.12. The van der Waals surface area contributed by atoms with E-state index in [1.807, 2.05) is 60.7 Å². The van der Waals surface area contributed by atoms with Crippen LogP contribution in [0.2, 0.25) is 0 Å². The Labute approximate surface area is 150 Å². The fourth-order valence-corrected chi connectivity index (χ4v) is 2.96. The van der Waals surface area contributed by atoms with Gasteiger partial charge in [-0.1, -0.05) is 78.9 Å². The molecule has 0 radical (unpaired) electrons. The highest BCUT2D eigenvalue weighted by Gasteiger charge is 2.18. The average Bonchev–Trinajstić information content (AvgIpc) is 2.73. The molecule has 0 fully saturated rings. The van der Waals surface area contributed by atoms with Crippen LogP contribution in [0.15, 0.2) is 91.0 Å². The molecule has 0 unspecified atom stereocenters. The number of hydrogen-bond donors (Lipinski definition) is 0. The van der Waals surface area contributed by atoms with Gasteiger partial charge < -0.3 is 0 Å². The third-order valence-electron chi connectivity index (χ3n) is 4.27. The summed E-state index contributed by atoms with van der Waals surface area (Å²) in [7, 11) is 0. The van der Waals surface area contributed by atoms with E-state index in [-0.39, 0.29) is 17.3 Å². The Morgan fingerprint density at radius 2 is 1.15 bits per heavy atom. The van der Waals surface area contributed by atoms with E-state index in [9.17, 15) is 9.59 Å². The number of pyridine rings is 1. The number of rotatable bonds is 4. The molecule has 0 N–H and O–H groups in total. The van der Waals surface area contributed by atoms with Gasteiger partial charge in [0.15, 0.2) is 5.78 Å². The van der Waals surface area contributed by atoms with Crippen molar-refractivity contribution in [3.8, 4) is 0 Å². The van der Waals surface area contributed by atoms with E-state index < -0.39 is 0 Å². The zero-order valence-electron chi connectivity index (χ0n) is 13.9. The van der Waals surface area contributed by atoms with Gasteiger partial charge in [0.1, 0.15) is 5.69 Å². The molecule has 0 aliphatic carbocycles. The molecule has 0 atom stereocenters. The molecule has 4 rings (SSSR count). The maximum Gasteiger partial charge on any atom is 0.211 e. The molecule has 3 nitrogen and oxygen atoms in total. The van der Waals surface area contributed by atoms with Gasteiger partial charge in [0, 0.05) is 22.1 Å². The molecule has 0 saturated carbocycles. The lowest BCUT2D eigenvalue weighted by Crippen LogP contribution is -2.09. The minimum atomic E-state index is -0.196. The number of para-hydroxylation sites is 1. The number of carbonyl (C=O) groups is 2. The van der Waals surface area contributed by atoms with Crippen LogP contribution in [-0.2, 0) is 0 Å². The largest absolute Gasteiger partial charge is 0.289 e. The molecular weight excluding hydrogens is 322 g/mol. The van der Waals surface area contributed by atoms with Crippen molar-refractivity contribution in [1.29, 1.82) is 0 Å². The normalized spacial score (nSPS) is 10.6. The molecule has 0 saturated heterocycles. The lowest BCUT2D eigenvalue weighted by atomic mass is 9.97. The van der Waals surface area contributed by atoms with Crippen LogP contribution in [-0.4, -0.2) is 16.6 Å². The minimum absolute atomic E-state index is 0.119. The molecule has 124 valence electrons. The van der Waals surface area contributed by atoms with Crippen LogP contribution in [0.25, 0.3) is 10.9 Å². The molecule has 4 aromatic rings. The van der Waals surface area contributed by atoms with Gasteiger partial charge in [0.2, 0.25) is 5.78 Å². The molecule has 3 heteroatoms. The minimum Gasteiger partial charge on any atom is -0.289 e. The fraction of sp³-hybridized carbons (Fsp3) is 0. The van der Waals surface area contributed by atoms with Crippen molar-refractivity contribution >= 4 is 22.5 Å². The van der Waals surface area contributed by atoms with E-state index in [1.165, 1.54) is 0 Å². The summed E-state index contributed by atoms with van der Waals surface area (Å²) in [6.45, 7) is 0. The summed E-state index contributed by atoms with van der Waals surface area (Å²) in [5, 5.41) is 0.742. The first kappa shape index (κ1) is 15.9. The Hall–Kier alpha value is -3.59. The second kappa shape index (κ2) is 6.73. The van der Waals surface area contributed by atoms with Gasteiger partial charge in [0.05, 0.1) is 5.52 Å². The third-order valence-corrected chi connectivity index (χ3v) is 4.27. The predicted octanol–water partition coefficient (Wildman–Crippen LogP) is 4.70. The Morgan fingerprint density at radius 3 is 1.81 bits per heavy atom. The zero-order chi connectivity index (χ0) is 17.9. The van der Waals surface area contributed by atoms with Gasteiger partial charge in [0.25, 0.3) is 0 Å². The summed E-state index contributed by atoms with van der Waals surface area (Å²) in [4.78, 5) is 30.3. The zero-order valence-corrected chi connectivity index (χ0v) is 13.9. The van der Waals surface area contributed by atoms with E-state index in [0.29, 0.717) is 22.2 Å². The topological polar surface area (TPSA) is 47.0 Å². The van der Waals surface area contributed by atoms with E-state index >= 15 is 0 Å². The highest BCUT2D eigenvalue weighted by atomic mass is 16.1. The second-order valence-corrected chi connectivity index (χ2v) is 5.96. The first-order valence-electron chi connectivity index (χ1n) is 8.33. The van der Waals surface area contributed by atoms with Crippen molar-refractivity contribution in [2.75, 3.05) is 0 Å². The summed E-state index contributed by atoms with van der Waals surface area (Å²) < 4.78 is 0. The molecule has 1 aromatic heterocycles. The fourth-order valence-electron chi connectivity index (χ4n) is 2.96. The monoisotopic (exact) mass is 337 g/mol. The molecule has 1 heterocycles. The molecule has 0 aliphatic heterocycles. The molecule has 0 amide bonds. The lowest BCUT2D eigenvalue weighted by Gasteiger charge is -2.09. The number of fused-ring (bicyclic) bond motifs is 1. The summed E-state index contributed by atoms with van der Waals surface area (Å²) >= 11 is 0. The van der Waals surface area contributed by atoms with Crippen molar-refractivity contribution in [2.45, 2.75) is 0 Å². The highest BCUT2D eigenvalue weighted by Crippen LogP contribution is 2.23. The molecule has 0 spiro atoms. The SMILES string of the molecule is O=C(c1ccccc1)c1cc(C(=O)c2ccccc2)c2ccccc2n1. The van der Waals surface area contributed by atoms with Gasteiger partial charge in [-0.3, -0.25) is 9.59 Å². The van der Waals surface area contributed by atoms with Crippen LogP contribution in [0.3, 0.4) is 0 Å². The number of hydrogen-bond acceptors (Lipinski definition) is 3. The Morgan fingerprint density at radius 1 is 0.615 bits per heavy atom. The quantitative estimate of drug-likeness (QED) is 0.507. The Balaban J connectivity index is 1.89. The lowest BCUT2D eigenvalue weighted by molar-refractivity contribution is 0.103. The van der Waals surface area contributed by atoms with Crippen molar-refractivity contribution < 1.29 is 9.59 Å². The van der Waals surface area contributed by atoms with Crippen LogP contribution in [0.4, 0.5) is 0 Å². The summed E-state index contributed by atoms with van der Waals surface area (Å²) in [6.07, 6.45) is 0. The molecular formula is C23H15NO2. The average molecular weight is 337 g/mol. The number of nitrogens with zero attached hydrogens (tertiary/aromatic N) is 1. The van der Waals surface area contributed by atoms with Gasteiger partial charge in [-0.2, -0.15) is 0 Å². The number of ketones is 2. The van der Waals surface area contributed by atoms with Crippen molar-refractivity contribution in [3.63, 3.8) is 0 Å². The van der Waals surface area contributed by atoms with Gasteiger partial charge in [-0.05, 0) is 12.1 Å². The molecule has 26 heavy (non-hydrogen) atoms. The van der Waals surface area contributed by atoms with Gasteiger partial charge >= 0.3 is 0 Å². The summed E-state index contributed by atoms with van der Waals surface area (Å²) in [6, 6.07) is 27.0. The summed E-state index contributed by atoms with van der Waals surface area (Å²) in [5.41, 5.74) is 2.53. The van der Waals surface area contributed by atoms with Crippen molar-refractivity contribution in [3.05, 3.63) is 113 Å². The standard InChI is InChI=1S/C23H15NO2/c25-22(16-9-3-1-4-10-16)19-15-21(23(26)17-11-5-2-6-12-17)24-20-14-8-7-13-18(19)20/h1-15H. The third kappa shape index (κ3) is 2.91. The maximum atomic E-state index is 13.0. The number of benzene rings is 3. The van der Waals surface area contributed by atoms with Crippen LogP contribution in [0.5, 0.6) is 0 Å². The van der Waals surface area contributed by atoms with Crippen LogP contribution in [0, 0.1) is 0 Å². The molecule has 0 aliphatic rings. The number of carbonyl (C=O) groups excluding carboxylic acids is 2. The van der Waals surface area contributed by atoms with Crippen LogP contribution in [0.1, 0.15) is 32.0 Å². The molecule has 3 aromatic carbocycles. The van der Waals surface area contributed by atoms with E-state index in [4.69, 9.17) is 0 Å². The predicted molar refractivity (Wildman–Crippen MR) is 101 cm³/mol. The smallest absolute Gasteiger partial charge is 0.211 e. The van der Waals surface area contributed by atoms with E-state index in [1.54, 1.807) is 30.3 Å². The first-order chi connectivity index (χ1) is 12.7. The Bertz CT molecular complexity index is 1100. The van der Waals surface area contributed by atoms with Gasteiger partial charge in [-0.15, -0.1) is 0 Å². The van der Waals surface area contributed by atoms with Crippen molar-refractivity contribution in [2.24, 2.45) is 0 Å². The van der Waals surface area contributed by atoms with Crippen LogP contribution < -0.4 is 0 Å². The summed E-state index contributed by atoms with van der Waals surface area (Å²) in [5.74, 6) is -0.315. The van der Waals surface area contributed by atoms with E-state index in [0.717, 1.165) is 5.39 Å². The van der Waals surface area contributed by atoms with Crippen LogP contribution >= 0.6 is 0 Å². The second-order valence-electron chi connectivity index (χ2n) is 5.96. The highest BCUT2D eigenvalue weighted by molar-refractivity contribution is 6.18. The molecule has 0 bridgehead atoms. The number of aromatic nitrogens is 1.